The summed E-state index contributed by atoms with van der Waals surface area (Å²) in [5.74, 6) is -0.965. The van der Waals surface area contributed by atoms with E-state index in [1.54, 1.807) is 12.1 Å². The first kappa shape index (κ1) is 20.8. The van der Waals surface area contributed by atoms with Crippen molar-refractivity contribution in [2.75, 3.05) is 32.8 Å². The summed E-state index contributed by atoms with van der Waals surface area (Å²) < 4.78 is 5.46. The zero-order valence-electron chi connectivity index (χ0n) is 16.6. The molecular weight excluding hydrogens is 370 g/mol. The summed E-state index contributed by atoms with van der Waals surface area (Å²) in [5, 5.41) is 14.7. The second-order valence-corrected chi connectivity index (χ2v) is 7.14. The molecule has 154 valence electrons. The zero-order chi connectivity index (χ0) is 20.6. The molecule has 7 nitrogen and oxygen atoms in total. The van der Waals surface area contributed by atoms with E-state index < -0.39 is 5.97 Å². The third kappa shape index (κ3) is 6.04. The molecule has 2 aromatic rings. The molecule has 0 bridgehead atoms. The molecule has 1 saturated heterocycles. The van der Waals surface area contributed by atoms with Crippen molar-refractivity contribution in [1.82, 2.24) is 15.5 Å². The molecule has 0 aliphatic carbocycles. The number of amides is 2. The smallest absolute Gasteiger partial charge is 0.335 e. The van der Waals surface area contributed by atoms with Gasteiger partial charge in [0.1, 0.15) is 0 Å². The van der Waals surface area contributed by atoms with Gasteiger partial charge in [0.2, 0.25) is 0 Å². The molecule has 0 aromatic heterocycles. The number of carbonyl (C=O) groups is 2. The van der Waals surface area contributed by atoms with Crippen LogP contribution in [0.5, 0.6) is 0 Å². The highest BCUT2D eigenvalue weighted by molar-refractivity contribution is 5.87. The Kier molecular flexibility index (Phi) is 7.21. The van der Waals surface area contributed by atoms with Gasteiger partial charge in [-0.2, -0.15) is 0 Å². The number of nitrogens with one attached hydrogen (secondary N) is 2. The minimum atomic E-state index is -0.965. The maximum Gasteiger partial charge on any atom is 0.335 e. The fourth-order valence-corrected chi connectivity index (χ4v) is 3.33. The van der Waals surface area contributed by atoms with E-state index in [1.165, 1.54) is 23.3 Å². The number of carboxylic acids is 1. The number of carboxylic acid groups (broad SMARTS) is 1. The summed E-state index contributed by atoms with van der Waals surface area (Å²) in [6.45, 7) is 5.94. The van der Waals surface area contributed by atoms with Crippen LogP contribution >= 0.6 is 0 Å². The fraction of sp³-hybridized carbons (Fsp3) is 0.364. The molecule has 0 spiro atoms. The lowest BCUT2D eigenvalue weighted by Crippen LogP contribution is -2.45. The van der Waals surface area contributed by atoms with Crippen LogP contribution in [0.1, 0.15) is 33.1 Å². The predicted molar refractivity (Wildman–Crippen MR) is 110 cm³/mol. The second kappa shape index (κ2) is 10.0. The summed E-state index contributed by atoms with van der Waals surface area (Å²) >= 11 is 0. The van der Waals surface area contributed by atoms with E-state index in [-0.39, 0.29) is 17.6 Å². The molecule has 3 N–H and O–H groups in total. The quantitative estimate of drug-likeness (QED) is 0.668. The van der Waals surface area contributed by atoms with Gasteiger partial charge in [-0.05, 0) is 30.2 Å². The highest BCUT2D eigenvalue weighted by atomic mass is 16.5. The van der Waals surface area contributed by atoms with Gasteiger partial charge in [-0.25, -0.2) is 9.59 Å². The molecule has 1 aliphatic heterocycles. The predicted octanol–water partition coefficient (Wildman–Crippen LogP) is 2.57. The van der Waals surface area contributed by atoms with Crippen LogP contribution < -0.4 is 10.6 Å². The first-order valence-electron chi connectivity index (χ1n) is 9.75. The van der Waals surface area contributed by atoms with Crippen LogP contribution in [0.2, 0.25) is 0 Å². The van der Waals surface area contributed by atoms with Crippen molar-refractivity contribution in [3.05, 3.63) is 70.8 Å². The number of morpholine rings is 1. The van der Waals surface area contributed by atoms with E-state index in [0.29, 0.717) is 26.3 Å². The van der Waals surface area contributed by atoms with Crippen molar-refractivity contribution in [3.8, 4) is 0 Å². The van der Waals surface area contributed by atoms with E-state index in [2.05, 4.69) is 46.7 Å². The third-order valence-corrected chi connectivity index (χ3v) is 5.06. The molecule has 1 unspecified atom stereocenters. The largest absolute Gasteiger partial charge is 0.478 e. The molecule has 1 atom stereocenters. The maximum absolute atomic E-state index is 12.3. The molecular formula is C22H27N3O4. The highest BCUT2D eigenvalue weighted by Gasteiger charge is 2.23. The van der Waals surface area contributed by atoms with Crippen LogP contribution in [0, 0.1) is 6.92 Å². The summed E-state index contributed by atoms with van der Waals surface area (Å²) in [7, 11) is 0. The first-order chi connectivity index (χ1) is 14.0. The van der Waals surface area contributed by atoms with E-state index in [1.807, 2.05) is 0 Å². The molecule has 1 heterocycles. The van der Waals surface area contributed by atoms with Crippen LogP contribution in [0.4, 0.5) is 4.79 Å². The molecule has 0 radical (unpaired) electrons. The summed E-state index contributed by atoms with van der Waals surface area (Å²) in [5.41, 5.74) is 3.44. The van der Waals surface area contributed by atoms with E-state index >= 15 is 0 Å². The SMILES string of the molecule is Cc1ccc(C(CNC(=O)NCc2ccc(C(=O)O)cc2)N2CCOCC2)cc1. The summed E-state index contributed by atoms with van der Waals surface area (Å²) in [6.07, 6.45) is 0. The first-order valence-corrected chi connectivity index (χ1v) is 9.75. The Labute approximate surface area is 170 Å². The topological polar surface area (TPSA) is 90.9 Å². The molecule has 1 fully saturated rings. The maximum atomic E-state index is 12.3. The molecule has 2 amide bonds. The fourth-order valence-electron chi connectivity index (χ4n) is 3.33. The van der Waals surface area contributed by atoms with E-state index in [4.69, 9.17) is 9.84 Å². The average molecular weight is 397 g/mol. The van der Waals surface area contributed by atoms with E-state index in [0.717, 1.165) is 18.7 Å². The number of nitrogens with zero attached hydrogens (tertiary/aromatic N) is 1. The van der Waals surface area contributed by atoms with Gasteiger partial charge in [0.05, 0.1) is 24.8 Å². The Morgan fingerprint density at radius 3 is 2.31 bits per heavy atom. The van der Waals surface area contributed by atoms with Crippen LogP contribution in [0.3, 0.4) is 0 Å². The van der Waals surface area contributed by atoms with Gasteiger partial charge in [0.15, 0.2) is 0 Å². The van der Waals surface area contributed by atoms with E-state index in [9.17, 15) is 9.59 Å². The van der Waals surface area contributed by atoms with Gasteiger partial charge < -0.3 is 20.5 Å². The summed E-state index contributed by atoms with van der Waals surface area (Å²) in [6, 6.07) is 14.7. The number of hydrogen-bond acceptors (Lipinski definition) is 4. The zero-order valence-corrected chi connectivity index (χ0v) is 16.6. The van der Waals surface area contributed by atoms with Crippen molar-refractivity contribution in [1.29, 1.82) is 0 Å². The number of carbonyl (C=O) groups excluding carboxylic acids is 1. The van der Waals surface area contributed by atoms with Gasteiger partial charge >= 0.3 is 12.0 Å². The van der Waals surface area contributed by atoms with Crippen molar-refractivity contribution in [3.63, 3.8) is 0 Å². The Morgan fingerprint density at radius 1 is 1.03 bits per heavy atom. The van der Waals surface area contributed by atoms with Crippen LogP contribution in [-0.4, -0.2) is 54.9 Å². The lowest BCUT2D eigenvalue weighted by molar-refractivity contribution is 0.0167. The van der Waals surface area contributed by atoms with Crippen molar-refractivity contribution < 1.29 is 19.4 Å². The Hall–Kier alpha value is -2.90. The van der Waals surface area contributed by atoms with Crippen molar-refractivity contribution in [2.45, 2.75) is 19.5 Å². The highest BCUT2D eigenvalue weighted by Crippen LogP contribution is 2.21. The second-order valence-electron chi connectivity index (χ2n) is 7.14. The standard InChI is InChI=1S/C22H27N3O4/c1-16-2-6-18(7-3-16)20(25-10-12-29-13-11-25)15-24-22(28)23-14-17-4-8-19(9-5-17)21(26)27/h2-9,20H,10-15H2,1H3,(H,26,27)(H2,23,24,28). The normalized spacial score (nSPS) is 15.5. The Bertz CT molecular complexity index is 815. The lowest BCUT2D eigenvalue weighted by Gasteiger charge is -2.35. The number of aryl methyl sites for hydroxylation is 1. The minimum absolute atomic E-state index is 0.0834. The van der Waals surface area contributed by atoms with Crippen LogP contribution in [0.25, 0.3) is 0 Å². The number of ether oxygens (including phenoxy) is 1. The van der Waals surface area contributed by atoms with Crippen molar-refractivity contribution in [2.24, 2.45) is 0 Å². The average Bonchev–Trinajstić information content (AvgIpc) is 2.74. The number of benzene rings is 2. The monoisotopic (exact) mass is 397 g/mol. The summed E-state index contributed by atoms with van der Waals surface area (Å²) in [4.78, 5) is 25.5. The van der Waals surface area contributed by atoms with Gasteiger partial charge in [-0.1, -0.05) is 42.0 Å². The Morgan fingerprint density at radius 2 is 1.69 bits per heavy atom. The third-order valence-electron chi connectivity index (χ3n) is 5.06. The number of urea groups is 1. The van der Waals surface area contributed by atoms with Crippen molar-refractivity contribution >= 4 is 12.0 Å². The molecule has 1 aliphatic rings. The lowest BCUT2D eigenvalue weighted by atomic mass is 10.0. The molecule has 3 rings (SSSR count). The van der Waals surface area contributed by atoms with Gasteiger partial charge in [0.25, 0.3) is 0 Å². The number of hydrogen-bond donors (Lipinski definition) is 3. The molecule has 2 aromatic carbocycles. The van der Waals surface area contributed by atoms with Gasteiger partial charge in [-0.3, -0.25) is 4.90 Å². The molecule has 7 heteroatoms. The van der Waals surface area contributed by atoms with Crippen LogP contribution in [-0.2, 0) is 11.3 Å². The van der Waals surface area contributed by atoms with Gasteiger partial charge in [-0.15, -0.1) is 0 Å². The molecule has 29 heavy (non-hydrogen) atoms. The number of rotatable bonds is 7. The Balaban J connectivity index is 1.55. The minimum Gasteiger partial charge on any atom is -0.478 e. The molecule has 0 saturated carbocycles. The van der Waals surface area contributed by atoms with Crippen LogP contribution in [0.15, 0.2) is 48.5 Å². The van der Waals surface area contributed by atoms with Gasteiger partial charge in [0, 0.05) is 26.2 Å². The number of aromatic carboxylic acids is 1.